The molecular weight excluding hydrogens is 198 g/mol. The highest BCUT2D eigenvalue weighted by atomic mass is 16.5. The monoisotopic (exact) mass is 213 g/mol. The first kappa shape index (κ1) is 11.6. The Hall–Kier alpha value is -1.52. The van der Waals surface area contributed by atoms with Gasteiger partial charge < -0.3 is 15.2 Å². The number of carbonyl (C=O) groups excluding carboxylic acids is 2. The highest BCUT2D eigenvalue weighted by molar-refractivity contribution is 6.18. The molecule has 15 heavy (non-hydrogen) atoms. The van der Waals surface area contributed by atoms with Gasteiger partial charge in [-0.1, -0.05) is 13.8 Å². The first-order valence-corrected chi connectivity index (χ1v) is 4.79. The third-order valence-electron chi connectivity index (χ3n) is 2.22. The molecule has 5 heteroatoms. The van der Waals surface area contributed by atoms with Crippen LogP contribution in [0.4, 0.5) is 0 Å². The van der Waals surface area contributed by atoms with Crippen molar-refractivity contribution in [3.8, 4) is 0 Å². The van der Waals surface area contributed by atoms with Crippen LogP contribution in [0.15, 0.2) is 11.3 Å². The van der Waals surface area contributed by atoms with Crippen LogP contribution in [0.3, 0.4) is 0 Å². The number of hydrogen-bond donors (Lipinski definition) is 2. The summed E-state index contributed by atoms with van der Waals surface area (Å²) < 4.78 is 4.41. The van der Waals surface area contributed by atoms with E-state index < -0.39 is 17.9 Å². The van der Waals surface area contributed by atoms with Gasteiger partial charge in [0.1, 0.15) is 5.76 Å². The quantitative estimate of drug-likeness (QED) is 0.529. The van der Waals surface area contributed by atoms with Gasteiger partial charge in [0.25, 0.3) is 5.91 Å². The molecule has 0 aromatic rings. The molecule has 0 aliphatic carbocycles. The molecule has 1 aliphatic rings. The largest absolute Gasteiger partial charge is 0.509 e. The van der Waals surface area contributed by atoms with E-state index in [1.165, 1.54) is 7.11 Å². The average molecular weight is 213 g/mol. The minimum Gasteiger partial charge on any atom is -0.509 e. The molecule has 0 saturated heterocycles. The molecule has 2 N–H and O–H groups in total. The van der Waals surface area contributed by atoms with Crippen LogP contribution >= 0.6 is 0 Å². The van der Waals surface area contributed by atoms with E-state index in [9.17, 15) is 14.7 Å². The Morgan fingerprint density at radius 2 is 2.20 bits per heavy atom. The summed E-state index contributed by atoms with van der Waals surface area (Å²) in [6.45, 7) is 3.94. The number of carbonyl (C=O) groups is 2. The van der Waals surface area contributed by atoms with Crippen LogP contribution < -0.4 is 5.32 Å². The second-order valence-corrected chi connectivity index (χ2v) is 3.91. The van der Waals surface area contributed by atoms with Crippen molar-refractivity contribution in [2.75, 3.05) is 7.11 Å². The number of aliphatic hydroxyl groups excluding tert-OH is 1. The Bertz CT molecular complexity index is 319. The van der Waals surface area contributed by atoms with E-state index in [2.05, 4.69) is 10.1 Å². The van der Waals surface area contributed by atoms with Crippen molar-refractivity contribution in [2.45, 2.75) is 26.3 Å². The lowest BCUT2D eigenvalue weighted by Crippen LogP contribution is -2.30. The molecule has 1 rings (SSSR count). The maximum atomic E-state index is 11.3. The predicted molar refractivity (Wildman–Crippen MR) is 53.1 cm³/mol. The van der Waals surface area contributed by atoms with Crippen molar-refractivity contribution in [3.63, 3.8) is 0 Å². The third-order valence-corrected chi connectivity index (χ3v) is 2.22. The number of aliphatic hydroxyl groups is 1. The van der Waals surface area contributed by atoms with Gasteiger partial charge >= 0.3 is 5.97 Å². The van der Waals surface area contributed by atoms with Gasteiger partial charge in [-0.05, 0) is 12.3 Å². The topological polar surface area (TPSA) is 75.6 Å². The number of methoxy groups -OCH3 is 1. The summed E-state index contributed by atoms with van der Waals surface area (Å²) >= 11 is 0. The number of esters is 1. The zero-order chi connectivity index (χ0) is 11.6. The Kier molecular flexibility index (Phi) is 3.34. The molecule has 1 heterocycles. The number of ether oxygens (including phenoxy) is 1. The van der Waals surface area contributed by atoms with Crippen molar-refractivity contribution in [1.29, 1.82) is 0 Å². The van der Waals surface area contributed by atoms with Gasteiger partial charge in [0.2, 0.25) is 0 Å². The SMILES string of the molecule is COC(=O)C1=C(O)[C@H](CC(C)C)NC1=O. The third kappa shape index (κ3) is 2.29. The molecule has 1 atom stereocenters. The van der Waals surface area contributed by atoms with Gasteiger partial charge in [0.05, 0.1) is 13.2 Å². The molecule has 0 aromatic heterocycles. The molecule has 0 spiro atoms. The van der Waals surface area contributed by atoms with Crippen LogP contribution in [-0.4, -0.2) is 30.1 Å². The van der Waals surface area contributed by atoms with Crippen LogP contribution in [0.25, 0.3) is 0 Å². The fourth-order valence-corrected chi connectivity index (χ4v) is 1.53. The maximum absolute atomic E-state index is 11.3. The van der Waals surface area contributed by atoms with Crippen molar-refractivity contribution < 1.29 is 19.4 Å². The van der Waals surface area contributed by atoms with Gasteiger partial charge in [0, 0.05) is 0 Å². The van der Waals surface area contributed by atoms with Crippen LogP contribution in [0.1, 0.15) is 20.3 Å². The normalized spacial score (nSPS) is 20.8. The van der Waals surface area contributed by atoms with Crippen LogP contribution in [0.2, 0.25) is 0 Å². The van der Waals surface area contributed by atoms with Gasteiger partial charge in [-0.25, -0.2) is 4.79 Å². The molecular formula is C10H15NO4. The molecule has 0 radical (unpaired) electrons. The molecule has 0 bridgehead atoms. The van der Waals surface area contributed by atoms with E-state index in [-0.39, 0.29) is 11.3 Å². The smallest absolute Gasteiger partial charge is 0.347 e. The Morgan fingerprint density at radius 3 is 2.67 bits per heavy atom. The summed E-state index contributed by atoms with van der Waals surface area (Å²) in [5, 5.41) is 12.2. The highest BCUT2D eigenvalue weighted by Gasteiger charge is 2.36. The van der Waals surface area contributed by atoms with E-state index >= 15 is 0 Å². The molecule has 5 nitrogen and oxygen atoms in total. The van der Waals surface area contributed by atoms with E-state index in [1.54, 1.807) is 0 Å². The predicted octanol–water partition coefficient (Wildman–Crippen LogP) is 0.516. The zero-order valence-electron chi connectivity index (χ0n) is 9.03. The van der Waals surface area contributed by atoms with E-state index in [1.807, 2.05) is 13.8 Å². The standard InChI is InChI=1S/C10H15NO4/c1-5(2)4-6-8(12)7(9(13)11-6)10(14)15-3/h5-6,12H,4H2,1-3H3,(H,11,13)/t6-/m0/s1. The summed E-state index contributed by atoms with van der Waals surface area (Å²) in [5.41, 5.74) is -0.275. The number of nitrogens with one attached hydrogen (secondary N) is 1. The fraction of sp³-hybridized carbons (Fsp3) is 0.600. The highest BCUT2D eigenvalue weighted by Crippen LogP contribution is 2.21. The molecule has 1 aliphatic heterocycles. The van der Waals surface area contributed by atoms with Crippen molar-refractivity contribution in [1.82, 2.24) is 5.32 Å². The van der Waals surface area contributed by atoms with Gasteiger partial charge in [-0.15, -0.1) is 0 Å². The zero-order valence-corrected chi connectivity index (χ0v) is 9.03. The Balaban J connectivity index is 2.88. The van der Waals surface area contributed by atoms with Crippen molar-refractivity contribution in [2.24, 2.45) is 5.92 Å². The lowest BCUT2D eigenvalue weighted by atomic mass is 10.0. The molecule has 0 aromatic carbocycles. The van der Waals surface area contributed by atoms with E-state index in [0.717, 1.165) is 0 Å². The molecule has 84 valence electrons. The van der Waals surface area contributed by atoms with E-state index in [0.29, 0.717) is 12.3 Å². The fourth-order valence-electron chi connectivity index (χ4n) is 1.53. The maximum Gasteiger partial charge on any atom is 0.347 e. The van der Waals surface area contributed by atoms with Gasteiger partial charge in [-0.2, -0.15) is 0 Å². The first-order valence-electron chi connectivity index (χ1n) is 4.79. The second-order valence-electron chi connectivity index (χ2n) is 3.91. The number of amides is 1. The summed E-state index contributed by atoms with van der Waals surface area (Å²) in [7, 11) is 1.17. The van der Waals surface area contributed by atoms with Crippen LogP contribution in [0, 0.1) is 5.92 Å². The lowest BCUT2D eigenvalue weighted by Gasteiger charge is -2.12. The summed E-state index contributed by atoms with van der Waals surface area (Å²) in [6.07, 6.45) is 0.595. The van der Waals surface area contributed by atoms with Crippen molar-refractivity contribution in [3.05, 3.63) is 11.3 Å². The summed E-state index contributed by atoms with van der Waals surface area (Å²) in [6, 6.07) is -0.466. The minimum atomic E-state index is -0.795. The Morgan fingerprint density at radius 1 is 1.60 bits per heavy atom. The minimum absolute atomic E-state index is 0.208. The number of hydrogen-bond acceptors (Lipinski definition) is 4. The summed E-state index contributed by atoms with van der Waals surface area (Å²) in [5.74, 6) is -1.25. The van der Waals surface area contributed by atoms with Crippen LogP contribution in [0.5, 0.6) is 0 Å². The summed E-state index contributed by atoms with van der Waals surface area (Å²) in [4.78, 5) is 22.5. The van der Waals surface area contributed by atoms with Gasteiger partial charge in [-0.3, -0.25) is 4.79 Å². The van der Waals surface area contributed by atoms with Crippen molar-refractivity contribution >= 4 is 11.9 Å². The molecule has 1 amide bonds. The van der Waals surface area contributed by atoms with Crippen LogP contribution in [-0.2, 0) is 14.3 Å². The van der Waals surface area contributed by atoms with E-state index in [4.69, 9.17) is 0 Å². The lowest BCUT2D eigenvalue weighted by molar-refractivity contribution is -0.137. The first-order chi connectivity index (χ1) is 6.97. The Labute approximate surface area is 88.1 Å². The molecule has 0 saturated carbocycles. The number of rotatable bonds is 3. The molecule has 0 fully saturated rings. The van der Waals surface area contributed by atoms with Gasteiger partial charge in [0.15, 0.2) is 5.57 Å². The molecule has 0 unspecified atom stereocenters. The average Bonchev–Trinajstić information content (AvgIpc) is 2.40. The second kappa shape index (κ2) is 4.33.